The van der Waals surface area contributed by atoms with Gasteiger partial charge in [0.25, 0.3) is 5.91 Å². The van der Waals surface area contributed by atoms with Crippen molar-refractivity contribution >= 4 is 17.5 Å². The van der Waals surface area contributed by atoms with Crippen LogP contribution in [0, 0.1) is 11.7 Å². The van der Waals surface area contributed by atoms with Gasteiger partial charge in [-0.3, -0.25) is 14.2 Å². The highest BCUT2D eigenvalue weighted by molar-refractivity contribution is 6.30. The van der Waals surface area contributed by atoms with E-state index in [4.69, 9.17) is 16.3 Å². The molecular weight excluding hydrogens is 506 g/mol. The first kappa shape index (κ1) is 24.0. The van der Waals surface area contributed by atoms with Gasteiger partial charge in [0.1, 0.15) is 11.6 Å². The van der Waals surface area contributed by atoms with Gasteiger partial charge in [0.05, 0.1) is 29.0 Å². The van der Waals surface area contributed by atoms with Crippen molar-refractivity contribution in [2.75, 3.05) is 0 Å². The summed E-state index contributed by atoms with van der Waals surface area (Å²) in [4.78, 5) is 12.9. The number of alkyl halides is 3. The van der Waals surface area contributed by atoms with Crippen molar-refractivity contribution in [1.82, 2.24) is 15.1 Å². The molecule has 2 bridgehead atoms. The van der Waals surface area contributed by atoms with Crippen molar-refractivity contribution in [3.05, 3.63) is 46.5 Å². The zero-order valence-electron chi connectivity index (χ0n) is 19.0. The lowest BCUT2D eigenvalue weighted by Crippen LogP contribution is -2.79. The Labute approximate surface area is 208 Å². The summed E-state index contributed by atoms with van der Waals surface area (Å²) in [6, 6.07) is 2.40. The standard InChI is InChI=1S/C24H24ClF4N3O4/c25-16-4-15-18(33)6-20(35-19(15)5-17(16)26)21(34)31-22-9-23(10-22,11-22)32-8-13(7-30-32)1-12-2-14(3-12)36-24(27,28)29/h4-5,7-8,12,14,18,20,33H,1-3,6,9-11H2,(H,31,34)/t12?,14?,18-,20-,22?,23?/m1/s1. The van der Waals surface area contributed by atoms with E-state index in [9.17, 15) is 27.5 Å². The summed E-state index contributed by atoms with van der Waals surface area (Å²) in [7, 11) is 0. The van der Waals surface area contributed by atoms with Gasteiger partial charge in [0.2, 0.25) is 0 Å². The lowest BCUT2D eigenvalue weighted by molar-refractivity contribution is -0.354. The summed E-state index contributed by atoms with van der Waals surface area (Å²) in [6.45, 7) is 0. The maximum atomic E-state index is 13.8. The Morgan fingerprint density at radius 3 is 2.69 bits per heavy atom. The second-order valence-corrected chi connectivity index (χ2v) is 11.1. The topological polar surface area (TPSA) is 85.6 Å². The summed E-state index contributed by atoms with van der Waals surface area (Å²) < 4.78 is 62.3. The normalized spacial score (nSPS) is 34.5. The van der Waals surface area contributed by atoms with Crippen LogP contribution in [0.2, 0.25) is 5.02 Å². The average molecular weight is 530 g/mol. The van der Waals surface area contributed by atoms with E-state index in [1.807, 2.05) is 10.9 Å². The number of nitrogens with zero attached hydrogens (tertiary/aromatic N) is 2. The Kier molecular flexibility index (Phi) is 5.37. The predicted molar refractivity (Wildman–Crippen MR) is 118 cm³/mol. The minimum Gasteiger partial charge on any atom is -0.480 e. The molecule has 2 atom stereocenters. The van der Waals surface area contributed by atoms with Crippen LogP contribution in [0.1, 0.15) is 55.8 Å². The molecule has 0 saturated heterocycles. The van der Waals surface area contributed by atoms with E-state index in [0.29, 0.717) is 44.1 Å². The van der Waals surface area contributed by atoms with Gasteiger partial charge >= 0.3 is 6.36 Å². The van der Waals surface area contributed by atoms with Crippen molar-refractivity contribution in [3.8, 4) is 5.75 Å². The minimum absolute atomic E-state index is 0.0422. The molecule has 1 aromatic carbocycles. The van der Waals surface area contributed by atoms with Crippen LogP contribution in [0.5, 0.6) is 5.75 Å². The first-order chi connectivity index (χ1) is 16.9. The number of hydrogen-bond acceptors (Lipinski definition) is 5. The first-order valence-electron chi connectivity index (χ1n) is 11.9. The van der Waals surface area contributed by atoms with E-state index in [2.05, 4.69) is 15.2 Å². The molecule has 12 heteroatoms. The highest BCUT2D eigenvalue weighted by Crippen LogP contribution is 2.65. The number of carbonyl (C=O) groups is 1. The molecule has 7 nitrogen and oxygen atoms in total. The van der Waals surface area contributed by atoms with Gasteiger partial charge in [-0.1, -0.05) is 11.6 Å². The van der Waals surface area contributed by atoms with Gasteiger partial charge in [-0.15, -0.1) is 13.2 Å². The van der Waals surface area contributed by atoms with Gasteiger partial charge in [0, 0.05) is 29.8 Å². The highest BCUT2D eigenvalue weighted by Gasteiger charge is 2.70. The van der Waals surface area contributed by atoms with E-state index in [1.54, 1.807) is 6.20 Å². The van der Waals surface area contributed by atoms with Crippen molar-refractivity contribution in [1.29, 1.82) is 0 Å². The summed E-state index contributed by atoms with van der Waals surface area (Å²) in [6.07, 6.45) is -0.0110. The molecule has 1 amide bonds. The van der Waals surface area contributed by atoms with E-state index in [0.717, 1.165) is 11.6 Å². The third-order valence-corrected chi connectivity index (χ3v) is 8.23. The molecule has 0 spiro atoms. The summed E-state index contributed by atoms with van der Waals surface area (Å²) >= 11 is 5.79. The van der Waals surface area contributed by atoms with Crippen LogP contribution in [0.25, 0.3) is 0 Å². The number of ether oxygens (including phenoxy) is 2. The first-order valence-corrected chi connectivity index (χ1v) is 12.2. The molecule has 4 saturated carbocycles. The number of hydrogen-bond donors (Lipinski definition) is 2. The third-order valence-electron chi connectivity index (χ3n) is 7.94. The second kappa shape index (κ2) is 8.06. The largest absolute Gasteiger partial charge is 0.522 e. The van der Waals surface area contributed by atoms with Gasteiger partial charge in [-0.25, -0.2) is 4.39 Å². The zero-order valence-corrected chi connectivity index (χ0v) is 19.8. The molecular formula is C24H24ClF4N3O4. The monoisotopic (exact) mass is 529 g/mol. The second-order valence-electron chi connectivity index (χ2n) is 10.7. The number of fused-ring (bicyclic) bond motifs is 1. The van der Waals surface area contributed by atoms with Crippen molar-refractivity contribution in [3.63, 3.8) is 0 Å². The Morgan fingerprint density at radius 1 is 1.28 bits per heavy atom. The average Bonchev–Trinajstić information content (AvgIpc) is 3.16. The molecule has 4 aliphatic carbocycles. The molecule has 2 heterocycles. The summed E-state index contributed by atoms with van der Waals surface area (Å²) in [5.41, 5.74) is 0.796. The van der Waals surface area contributed by atoms with Crippen LogP contribution >= 0.6 is 11.6 Å². The van der Waals surface area contributed by atoms with Crippen molar-refractivity contribution in [2.24, 2.45) is 5.92 Å². The molecule has 4 fully saturated rings. The molecule has 5 aliphatic rings. The van der Waals surface area contributed by atoms with Gasteiger partial charge < -0.3 is 15.2 Å². The molecule has 2 aromatic rings. The molecule has 1 aromatic heterocycles. The molecule has 2 N–H and O–H groups in total. The van der Waals surface area contributed by atoms with Gasteiger partial charge in [-0.2, -0.15) is 5.10 Å². The minimum atomic E-state index is -4.59. The molecule has 1 aliphatic heterocycles. The number of carbonyl (C=O) groups excluding carboxylic acids is 1. The lowest BCUT2D eigenvalue weighted by atomic mass is 9.44. The summed E-state index contributed by atoms with van der Waals surface area (Å²) in [5.74, 6) is -0.786. The predicted octanol–water partition coefficient (Wildman–Crippen LogP) is 4.17. The molecule has 36 heavy (non-hydrogen) atoms. The number of aromatic nitrogens is 2. The van der Waals surface area contributed by atoms with E-state index in [-0.39, 0.29) is 40.1 Å². The fourth-order valence-corrected chi connectivity index (χ4v) is 6.41. The fraction of sp³-hybridized carbons (Fsp3) is 0.583. The van der Waals surface area contributed by atoms with Crippen LogP contribution in [-0.4, -0.2) is 44.9 Å². The SMILES string of the molecule is O=C(NC12CC(n3cc(CC4CC(OC(F)(F)F)C4)cn3)(C1)C2)[C@H]1C[C@@H](O)c2cc(Cl)c(F)cc2O1. The van der Waals surface area contributed by atoms with Gasteiger partial charge in [0.15, 0.2) is 6.10 Å². The van der Waals surface area contributed by atoms with E-state index in [1.165, 1.54) is 6.07 Å². The number of amides is 1. The quantitative estimate of drug-likeness (QED) is 0.549. The number of aliphatic hydroxyl groups is 1. The zero-order chi connectivity index (χ0) is 25.5. The molecule has 194 valence electrons. The summed E-state index contributed by atoms with van der Waals surface area (Å²) in [5, 5.41) is 17.8. The fourth-order valence-electron chi connectivity index (χ4n) is 6.23. The smallest absolute Gasteiger partial charge is 0.480 e. The third kappa shape index (κ3) is 4.14. The van der Waals surface area contributed by atoms with Crippen LogP contribution in [-0.2, 0) is 21.5 Å². The molecule has 0 radical (unpaired) electrons. The lowest BCUT2D eigenvalue weighted by Gasteiger charge is -2.70. The van der Waals surface area contributed by atoms with Crippen molar-refractivity contribution < 1.29 is 36.9 Å². The van der Waals surface area contributed by atoms with E-state index >= 15 is 0 Å². The highest BCUT2D eigenvalue weighted by atomic mass is 35.5. The number of nitrogens with one attached hydrogen (secondary N) is 1. The van der Waals surface area contributed by atoms with E-state index < -0.39 is 30.5 Å². The number of halogens is 5. The van der Waals surface area contributed by atoms with Crippen LogP contribution < -0.4 is 10.1 Å². The Balaban J connectivity index is 1.01. The van der Waals surface area contributed by atoms with Crippen molar-refractivity contribution in [2.45, 2.75) is 80.7 Å². The maximum absolute atomic E-state index is 13.8. The molecule has 7 rings (SSSR count). The number of rotatable bonds is 6. The van der Waals surface area contributed by atoms with Gasteiger partial charge in [-0.05, 0) is 56.1 Å². The maximum Gasteiger partial charge on any atom is 0.522 e. The van der Waals surface area contributed by atoms with Crippen LogP contribution in [0.15, 0.2) is 24.5 Å². The van der Waals surface area contributed by atoms with Crippen LogP contribution in [0.4, 0.5) is 17.6 Å². The Morgan fingerprint density at radius 2 is 2.00 bits per heavy atom. The number of aliphatic hydroxyl groups excluding tert-OH is 1. The Hall–Kier alpha value is -2.37. The Bertz CT molecular complexity index is 1190. The molecule has 0 unspecified atom stereocenters. The van der Waals surface area contributed by atoms with Crippen LogP contribution in [0.3, 0.4) is 0 Å². The number of benzene rings is 1.